The Balaban J connectivity index is 1.22. The fourth-order valence-corrected chi connectivity index (χ4v) is 4.27. The van der Waals surface area contributed by atoms with Gasteiger partial charge in [0.25, 0.3) is 0 Å². The van der Waals surface area contributed by atoms with Gasteiger partial charge >= 0.3 is 5.97 Å². The maximum atomic E-state index is 12.0. The molecule has 0 bridgehead atoms. The van der Waals surface area contributed by atoms with Gasteiger partial charge in [-0.25, -0.2) is 4.79 Å². The largest absolute Gasteiger partial charge is 0.493 e. The summed E-state index contributed by atoms with van der Waals surface area (Å²) < 4.78 is 29.0. The summed E-state index contributed by atoms with van der Waals surface area (Å²) in [6, 6.07) is 21.6. The smallest absolute Gasteiger partial charge is 0.347 e. The maximum Gasteiger partial charge on any atom is 0.347 e. The summed E-state index contributed by atoms with van der Waals surface area (Å²) in [7, 11) is 0. The van der Waals surface area contributed by atoms with Gasteiger partial charge in [-0.2, -0.15) is 0 Å². The summed E-state index contributed by atoms with van der Waals surface area (Å²) in [4.78, 5) is 12.0. The number of benzene rings is 3. The quantitative estimate of drug-likeness (QED) is 0.186. The van der Waals surface area contributed by atoms with E-state index in [1.807, 2.05) is 60.7 Å². The molecule has 0 spiro atoms. The van der Waals surface area contributed by atoms with Crippen molar-refractivity contribution < 1.29 is 28.5 Å². The minimum Gasteiger partial charge on any atom is -0.493 e. The predicted octanol–water partition coefficient (Wildman–Crippen LogP) is 6.93. The third-order valence-corrected chi connectivity index (χ3v) is 6.13. The molecule has 1 aliphatic heterocycles. The van der Waals surface area contributed by atoms with E-state index in [1.165, 1.54) is 0 Å². The van der Waals surface area contributed by atoms with Crippen LogP contribution in [-0.4, -0.2) is 31.9 Å². The lowest BCUT2D eigenvalue weighted by Crippen LogP contribution is -2.32. The highest BCUT2D eigenvalue weighted by atomic mass is 16.6. The van der Waals surface area contributed by atoms with Gasteiger partial charge in [0, 0.05) is 6.07 Å². The van der Waals surface area contributed by atoms with Crippen molar-refractivity contribution in [2.75, 3.05) is 19.8 Å². The first-order valence-corrected chi connectivity index (χ1v) is 13.2. The Morgan fingerprint density at radius 2 is 1.68 bits per heavy atom. The third kappa shape index (κ3) is 7.66. The van der Waals surface area contributed by atoms with Crippen LogP contribution in [0.25, 0.3) is 0 Å². The summed E-state index contributed by atoms with van der Waals surface area (Å²) in [5.41, 5.74) is 2.24. The van der Waals surface area contributed by atoms with E-state index in [1.54, 1.807) is 6.92 Å². The third-order valence-electron chi connectivity index (χ3n) is 6.13. The minimum absolute atomic E-state index is 0.306. The van der Waals surface area contributed by atoms with Crippen LogP contribution in [0.3, 0.4) is 0 Å². The van der Waals surface area contributed by atoms with Gasteiger partial charge in [0.05, 0.1) is 19.8 Å². The van der Waals surface area contributed by atoms with Gasteiger partial charge in [0.1, 0.15) is 28.7 Å². The second-order valence-corrected chi connectivity index (χ2v) is 9.01. The van der Waals surface area contributed by atoms with E-state index in [0.717, 1.165) is 66.2 Å². The SMILES string of the molecule is CCCc1cc(Oc2ccccc2)ccc1OCCCCOc1ccc2c(c1)OC(C(=O)OCC)CC2. The van der Waals surface area contributed by atoms with Crippen LogP contribution in [0.4, 0.5) is 0 Å². The minimum atomic E-state index is -0.545. The zero-order valence-corrected chi connectivity index (χ0v) is 21.7. The lowest BCUT2D eigenvalue weighted by atomic mass is 10.0. The van der Waals surface area contributed by atoms with Crippen molar-refractivity contribution in [2.45, 2.75) is 58.5 Å². The normalized spacial score (nSPS) is 14.3. The first-order valence-electron chi connectivity index (χ1n) is 13.2. The molecule has 1 atom stereocenters. The summed E-state index contributed by atoms with van der Waals surface area (Å²) >= 11 is 0. The zero-order valence-electron chi connectivity index (χ0n) is 21.7. The van der Waals surface area contributed by atoms with Crippen molar-refractivity contribution in [2.24, 2.45) is 0 Å². The molecule has 0 saturated carbocycles. The van der Waals surface area contributed by atoms with Gasteiger partial charge in [0.15, 0.2) is 6.10 Å². The average Bonchev–Trinajstić information content (AvgIpc) is 2.92. The van der Waals surface area contributed by atoms with Crippen molar-refractivity contribution in [3.05, 3.63) is 77.9 Å². The highest BCUT2D eigenvalue weighted by Crippen LogP contribution is 2.32. The molecular weight excluding hydrogens is 468 g/mol. The standard InChI is InChI=1S/C31H36O6/c1-3-10-24-21-27(36-25-11-6-5-7-12-25)16-18-28(24)35-20-9-8-19-34-26-15-13-23-14-17-29(31(32)33-4-2)37-30(23)22-26/h5-7,11-13,15-16,18,21-22,29H,3-4,8-10,14,17,19-20H2,1-2H3. The second-order valence-electron chi connectivity index (χ2n) is 9.01. The Morgan fingerprint density at radius 3 is 2.46 bits per heavy atom. The molecular formula is C31H36O6. The first-order chi connectivity index (χ1) is 18.2. The summed E-state index contributed by atoms with van der Waals surface area (Å²) in [6.07, 6.45) is 4.58. The molecule has 0 saturated heterocycles. The highest BCUT2D eigenvalue weighted by molar-refractivity contribution is 5.75. The molecule has 1 unspecified atom stereocenters. The second kappa shape index (κ2) is 13.6. The van der Waals surface area contributed by atoms with Gasteiger partial charge in [-0.3, -0.25) is 0 Å². The molecule has 37 heavy (non-hydrogen) atoms. The molecule has 0 aliphatic carbocycles. The molecule has 1 heterocycles. The Kier molecular flexibility index (Phi) is 9.69. The summed E-state index contributed by atoms with van der Waals surface area (Å²) in [6.45, 7) is 5.51. The van der Waals surface area contributed by atoms with E-state index in [4.69, 9.17) is 23.7 Å². The van der Waals surface area contributed by atoms with Crippen LogP contribution < -0.4 is 18.9 Å². The van der Waals surface area contributed by atoms with E-state index >= 15 is 0 Å². The van der Waals surface area contributed by atoms with E-state index < -0.39 is 6.10 Å². The van der Waals surface area contributed by atoms with Crippen molar-refractivity contribution in [3.8, 4) is 28.7 Å². The first kappa shape index (κ1) is 26.4. The fourth-order valence-electron chi connectivity index (χ4n) is 4.27. The number of hydrogen-bond donors (Lipinski definition) is 0. The Hall–Kier alpha value is -3.67. The van der Waals surface area contributed by atoms with Crippen LogP contribution in [0.2, 0.25) is 0 Å². The summed E-state index contributed by atoms with van der Waals surface area (Å²) in [5, 5.41) is 0. The number of carbonyl (C=O) groups is 1. The van der Waals surface area contributed by atoms with E-state index in [9.17, 15) is 4.79 Å². The molecule has 0 aromatic heterocycles. The van der Waals surface area contributed by atoms with Crippen LogP contribution in [0.1, 0.15) is 50.7 Å². The number of unbranched alkanes of at least 4 members (excludes halogenated alkanes) is 1. The molecule has 4 rings (SSSR count). The Morgan fingerprint density at radius 1 is 0.892 bits per heavy atom. The summed E-state index contributed by atoms with van der Waals surface area (Å²) in [5.74, 6) is 3.68. The van der Waals surface area contributed by atoms with E-state index in [0.29, 0.717) is 32.0 Å². The van der Waals surface area contributed by atoms with Crippen molar-refractivity contribution >= 4 is 5.97 Å². The van der Waals surface area contributed by atoms with Crippen LogP contribution in [-0.2, 0) is 22.4 Å². The number of para-hydroxylation sites is 1. The number of carbonyl (C=O) groups excluding carboxylic acids is 1. The lowest BCUT2D eigenvalue weighted by Gasteiger charge is -2.25. The topological polar surface area (TPSA) is 63.2 Å². The number of rotatable bonds is 13. The molecule has 0 N–H and O–H groups in total. The lowest BCUT2D eigenvalue weighted by molar-refractivity contribution is -0.152. The van der Waals surface area contributed by atoms with Gasteiger partial charge in [-0.05, 0) is 86.6 Å². The molecule has 6 heteroatoms. The zero-order chi connectivity index (χ0) is 25.9. The molecule has 3 aromatic carbocycles. The molecule has 0 radical (unpaired) electrons. The molecule has 196 valence electrons. The van der Waals surface area contributed by atoms with Crippen molar-refractivity contribution in [3.63, 3.8) is 0 Å². The van der Waals surface area contributed by atoms with Gasteiger partial charge in [0.2, 0.25) is 0 Å². The van der Waals surface area contributed by atoms with Crippen molar-refractivity contribution in [1.29, 1.82) is 0 Å². The van der Waals surface area contributed by atoms with Gasteiger partial charge < -0.3 is 23.7 Å². The number of aryl methyl sites for hydroxylation is 2. The number of ether oxygens (including phenoxy) is 5. The highest BCUT2D eigenvalue weighted by Gasteiger charge is 2.27. The molecule has 1 aliphatic rings. The number of hydrogen-bond acceptors (Lipinski definition) is 6. The van der Waals surface area contributed by atoms with Crippen LogP contribution in [0.15, 0.2) is 66.7 Å². The molecule has 0 fully saturated rings. The van der Waals surface area contributed by atoms with Crippen LogP contribution in [0.5, 0.6) is 28.7 Å². The monoisotopic (exact) mass is 504 g/mol. The maximum absolute atomic E-state index is 12.0. The fraction of sp³-hybridized carbons (Fsp3) is 0.387. The Labute approximate surface area is 219 Å². The van der Waals surface area contributed by atoms with Gasteiger partial charge in [-0.1, -0.05) is 37.6 Å². The number of fused-ring (bicyclic) bond motifs is 1. The van der Waals surface area contributed by atoms with Crippen LogP contribution >= 0.6 is 0 Å². The predicted molar refractivity (Wildman–Crippen MR) is 143 cm³/mol. The Bertz CT molecular complexity index is 1140. The van der Waals surface area contributed by atoms with Gasteiger partial charge in [-0.15, -0.1) is 0 Å². The average molecular weight is 505 g/mol. The van der Waals surface area contributed by atoms with Crippen LogP contribution in [0, 0.1) is 0 Å². The molecule has 0 amide bonds. The molecule has 3 aromatic rings. The van der Waals surface area contributed by atoms with E-state index in [2.05, 4.69) is 13.0 Å². The van der Waals surface area contributed by atoms with E-state index in [-0.39, 0.29) is 5.97 Å². The number of esters is 1. The van der Waals surface area contributed by atoms with Crippen molar-refractivity contribution in [1.82, 2.24) is 0 Å². The molecule has 6 nitrogen and oxygen atoms in total.